The Bertz CT molecular complexity index is 1370. The number of aromatic nitrogens is 4. The van der Waals surface area contributed by atoms with Crippen molar-refractivity contribution in [3.05, 3.63) is 76.8 Å². The number of carbonyl (C=O) groups is 1. The van der Waals surface area contributed by atoms with Crippen LogP contribution in [-0.2, 0) is 4.74 Å². The number of esters is 1. The number of carbonyl (C=O) groups excluding carboxylic acids is 1. The normalized spacial score (nSPS) is 12.2. The number of ether oxygens (including phenoxy) is 1. The van der Waals surface area contributed by atoms with Gasteiger partial charge in [0.1, 0.15) is 12.7 Å². The van der Waals surface area contributed by atoms with Crippen LogP contribution in [0.2, 0.25) is 0 Å². The summed E-state index contributed by atoms with van der Waals surface area (Å²) in [7, 11) is 0. The highest BCUT2D eigenvalue weighted by Crippen LogP contribution is 2.26. The van der Waals surface area contributed by atoms with Crippen molar-refractivity contribution in [3.63, 3.8) is 0 Å². The molecule has 0 bridgehead atoms. The van der Waals surface area contributed by atoms with Crippen LogP contribution in [0.4, 0.5) is 0 Å². The van der Waals surface area contributed by atoms with Crippen LogP contribution in [0.15, 0.2) is 65.5 Å². The van der Waals surface area contributed by atoms with Gasteiger partial charge in [0, 0.05) is 23.1 Å². The predicted octanol–water partition coefficient (Wildman–Crippen LogP) is 7.25. The van der Waals surface area contributed by atoms with Crippen molar-refractivity contribution in [2.75, 3.05) is 6.61 Å². The first-order valence-electron chi connectivity index (χ1n) is 12.8. The van der Waals surface area contributed by atoms with Gasteiger partial charge in [0.05, 0.1) is 17.4 Å². The molecule has 37 heavy (non-hydrogen) atoms. The van der Waals surface area contributed by atoms with Gasteiger partial charge in [0.25, 0.3) is 0 Å². The number of benzene rings is 1. The van der Waals surface area contributed by atoms with Crippen molar-refractivity contribution in [3.8, 4) is 11.8 Å². The fourth-order valence-electron chi connectivity index (χ4n) is 4.04. The molecule has 194 valence electrons. The lowest BCUT2D eigenvalue weighted by atomic mass is 10.1. The van der Waals surface area contributed by atoms with Crippen molar-refractivity contribution in [2.45, 2.75) is 73.3 Å². The van der Waals surface area contributed by atoms with Gasteiger partial charge in [0.15, 0.2) is 5.69 Å². The van der Waals surface area contributed by atoms with Crippen LogP contribution in [0.5, 0.6) is 0 Å². The largest absolute Gasteiger partial charge is 0.457 e. The molecule has 0 saturated heterocycles. The highest BCUT2D eigenvalue weighted by atomic mass is 16.5. The summed E-state index contributed by atoms with van der Waals surface area (Å²) in [5, 5.41) is 18.9. The van der Waals surface area contributed by atoms with Gasteiger partial charge in [-0.2, -0.15) is 15.2 Å². The zero-order valence-electron chi connectivity index (χ0n) is 22.8. The van der Waals surface area contributed by atoms with Crippen LogP contribution in [-0.4, -0.2) is 32.1 Å². The number of allylic oxidation sites excluding steroid dienone is 5. The van der Waals surface area contributed by atoms with E-state index in [0.29, 0.717) is 11.3 Å². The molecule has 0 saturated carbocycles. The van der Waals surface area contributed by atoms with Gasteiger partial charge in [-0.25, -0.2) is 4.79 Å². The van der Waals surface area contributed by atoms with E-state index in [1.807, 2.05) is 30.5 Å². The van der Waals surface area contributed by atoms with Crippen molar-refractivity contribution in [2.24, 2.45) is 0 Å². The Kier molecular flexibility index (Phi) is 9.62. The summed E-state index contributed by atoms with van der Waals surface area (Å²) in [5.74, 6) is -0.518. The van der Waals surface area contributed by atoms with Crippen molar-refractivity contribution < 1.29 is 9.53 Å². The standard InChI is InChI=1S/C30H37N5O2/c1-21(2)9-7-10-23(5)11-8-12-24(6)15-16-37-30(36)28-19-32-35(33-28)26-13-14-29-27(17-26)25(18-31)20-34(29)22(3)4/h9,11,13-15,17,19-20,22H,7-8,10,12,16H2,1-6H3/b23-11+,24-15+. The molecule has 0 amide bonds. The number of nitriles is 1. The third-order valence-corrected chi connectivity index (χ3v) is 6.19. The molecular weight excluding hydrogens is 462 g/mol. The van der Waals surface area contributed by atoms with Crippen LogP contribution in [0, 0.1) is 11.3 Å². The molecule has 0 spiro atoms. The third-order valence-electron chi connectivity index (χ3n) is 6.19. The number of hydrogen-bond acceptors (Lipinski definition) is 5. The summed E-state index contributed by atoms with van der Waals surface area (Å²) >= 11 is 0. The van der Waals surface area contributed by atoms with Gasteiger partial charge in [-0.1, -0.05) is 28.9 Å². The molecule has 0 atom stereocenters. The Hall–Kier alpha value is -3.92. The Balaban J connectivity index is 1.56. The minimum Gasteiger partial charge on any atom is -0.457 e. The first kappa shape index (κ1) is 27.7. The van der Waals surface area contributed by atoms with Gasteiger partial charge in [0.2, 0.25) is 0 Å². The zero-order valence-corrected chi connectivity index (χ0v) is 22.8. The molecule has 0 N–H and O–H groups in total. The fourth-order valence-corrected chi connectivity index (χ4v) is 4.04. The number of nitrogens with zero attached hydrogens (tertiary/aromatic N) is 5. The lowest BCUT2D eigenvalue weighted by Crippen LogP contribution is -2.07. The van der Waals surface area contributed by atoms with Crippen molar-refractivity contribution >= 4 is 16.9 Å². The summed E-state index contributed by atoms with van der Waals surface area (Å²) in [6.45, 7) is 12.8. The molecule has 0 radical (unpaired) electrons. The second kappa shape index (κ2) is 12.9. The lowest BCUT2D eigenvalue weighted by Gasteiger charge is -2.09. The Morgan fingerprint density at radius 2 is 1.78 bits per heavy atom. The monoisotopic (exact) mass is 499 g/mol. The second-order valence-electron chi connectivity index (χ2n) is 9.93. The Morgan fingerprint density at radius 3 is 2.46 bits per heavy atom. The molecule has 7 nitrogen and oxygen atoms in total. The van der Waals surface area contributed by atoms with E-state index in [-0.39, 0.29) is 18.3 Å². The molecule has 0 aliphatic rings. The zero-order chi connectivity index (χ0) is 26.9. The first-order valence-corrected chi connectivity index (χ1v) is 12.8. The third kappa shape index (κ3) is 7.53. The van der Waals surface area contributed by atoms with E-state index in [2.05, 4.69) is 74.5 Å². The number of hydrogen-bond donors (Lipinski definition) is 0. The molecule has 0 unspecified atom stereocenters. The molecule has 1 aromatic carbocycles. The van der Waals surface area contributed by atoms with Gasteiger partial charge in [-0.15, -0.1) is 5.10 Å². The van der Waals surface area contributed by atoms with Crippen LogP contribution in [0.3, 0.4) is 0 Å². The Labute approximate surface area is 219 Å². The van der Waals surface area contributed by atoms with Crippen LogP contribution >= 0.6 is 0 Å². The maximum Gasteiger partial charge on any atom is 0.360 e. The molecule has 3 rings (SSSR count). The van der Waals surface area contributed by atoms with E-state index >= 15 is 0 Å². The van der Waals surface area contributed by atoms with Crippen molar-refractivity contribution in [1.29, 1.82) is 5.26 Å². The highest BCUT2D eigenvalue weighted by molar-refractivity contribution is 5.89. The van der Waals surface area contributed by atoms with Gasteiger partial charge < -0.3 is 9.30 Å². The molecule has 3 aromatic rings. The van der Waals surface area contributed by atoms with E-state index in [4.69, 9.17) is 4.74 Å². The summed E-state index contributed by atoms with van der Waals surface area (Å²) < 4.78 is 7.45. The average molecular weight is 500 g/mol. The van der Waals surface area contributed by atoms with Gasteiger partial charge in [-0.05, 0) is 91.5 Å². The van der Waals surface area contributed by atoms with Gasteiger partial charge in [-0.3, -0.25) is 0 Å². The summed E-state index contributed by atoms with van der Waals surface area (Å²) in [6, 6.07) is 8.17. The quantitative estimate of drug-likeness (QED) is 0.205. The molecule has 2 aromatic heterocycles. The lowest BCUT2D eigenvalue weighted by molar-refractivity contribution is 0.0541. The summed E-state index contributed by atoms with van der Waals surface area (Å²) in [5.41, 5.74) is 6.31. The average Bonchev–Trinajstić information content (AvgIpc) is 3.48. The summed E-state index contributed by atoms with van der Waals surface area (Å²) in [6.07, 6.45) is 13.8. The molecule has 0 aliphatic carbocycles. The predicted molar refractivity (Wildman–Crippen MR) is 148 cm³/mol. The van der Waals surface area contributed by atoms with Gasteiger partial charge >= 0.3 is 5.97 Å². The van der Waals surface area contributed by atoms with Crippen LogP contribution in [0.25, 0.3) is 16.6 Å². The molecule has 0 fully saturated rings. The van der Waals surface area contributed by atoms with E-state index in [1.54, 1.807) is 0 Å². The second-order valence-corrected chi connectivity index (χ2v) is 9.93. The number of rotatable bonds is 11. The smallest absolute Gasteiger partial charge is 0.360 e. The SMILES string of the molecule is CC(C)=CCC/C(C)=C/CC/C(C)=C/COC(=O)c1cnn(-c2ccc3c(c2)c(C#N)cn3C(C)C)n1. The minimum absolute atomic E-state index is 0.140. The van der Waals surface area contributed by atoms with E-state index in [9.17, 15) is 10.1 Å². The van der Waals surface area contributed by atoms with E-state index in [0.717, 1.165) is 36.6 Å². The first-order chi connectivity index (χ1) is 17.7. The van der Waals surface area contributed by atoms with Crippen LogP contribution in [0.1, 0.15) is 89.3 Å². The fraction of sp³-hybridized carbons (Fsp3) is 0.400. The number of fused-ring (bicyclic) bond motifs is 1. The minimum atomic E-state index is -0.518. The maximum atomic E-state index is 12.5. The molecule has 2 heterocycles. The topological polar surface area (TPSA) is 85.7 Å². The summed E-state index contributed by atoms with van der Waals surface area (Å²) in [4.78, 5) is 13.9. The van der Waals surface area contributed by atoms with E-state index < -0.39 is 5.97 Å². The maximum absolute atomic E-state index is 12.5. The van der Waals surface area contributed by atoms with Crippen molar-refractivity contribution in [1.82, 2.24) is 19.6 Å². The van der Waals surface area contributed by atoms with Crippen LogP contribution < -0.4 is 0 Å². The molecule has 0 aliphatic heterocycles. The Morgan fingerprint density at radius 1 is 1.08 bits per heavy atom. The highest BCUT2D eigenvalue weighted by Gasteiger charge is 2.15. The van der Waals surface area contributed by atoms with E-state index in [1.165, 1.54) is 27.7 Å². The molecular formula is C30H37N5O2. The molecule has 7 heteroatoms.